The molecule has 128 valence electrons. The number of rotatable bonds is 2. The van der Waals surface area contributed by atoms with Crippen molar-refractivity contribution in [2.45, 2.75) is 11.8 Å². The van der Waals surface area contributed by atoms with Crippen LogP contribution in [0.15, 0.2) is 58.9 Å². The molecule has 5 rings (SSSR count). The third kappa shape index (κ3) is 2.12. The molecule has 0 radical (unpaired) electrons. The predicted octanol–water partition coefficient (Wildman–Crippen LogP) is 3.17. The number of anilines is 2. The summed E-state index contributed by atoms with van der Waals surface area (Å²) >= 11 is 0. The molecule has 4 aromatic rings. The van der Waals surface area contributed by atoms with Gasteiger partial charge >= 0.3 is 0 Å². The lowest BCUT2D eigenvalue weighted by Crippen LogP contribution is -1.99. The molecule has 0 saturated heterocycles. The predicted molar refractivity (Wildman–Crippen MR) is 98.8 cm³/mol. The Morgan fingerprint density at radius 3 is 2.88 bits per heavy atom. The number of nitrogens with one attached hydrogen (secondary N) is 1. The second kappa shape index (κ2) is 5.12. The zero-order valence-electron chi connectivity index (χ0n) is 13.7. The number of hydrogen-bond acceptors (Lipinski definition) is 6. The third-order valence-corrected chi connectivity index (χ3v) is 6.40. The van der Waals surface area contributed by atoms with Crippen molar-refractivity contribution in [1.29, 1.82) is 0 Å². The fourth-order valence-corrected chi connectivity index (χ4v) is 4.49. The second-order valence-electron chi connectivity index (χ2n) is 6.13. The van der Waals surface area contributed by atoms with Crippen LogP contribution in [0.2, 0.25) is 0 Å². The molecule has 0 unspecified atom stereocenters. The fourth-order valence-electron chi connectivity index (χ4n) is 3.16. The maximum Gasteiger partial charge on any atom is 0.203 e. The molecular weight excluding hydrogens is 350 g/mol. The van der Waals surface area contributed by atoms with Crippen molar-refractivity contribution < 1.29 is 8.42 Å². The van der Waals surface area contributed by atoms with Crippen LogP contribution in [0.1, 0.15) is 12.5 Å². The quantitative estimate of drug-likeness (QED) is 0.588. The summed E-state index contributed by atoms with van der Waals surface area (Å²) in [5.74, 6) is 0. The van der Waals surface area contributed by atoms with E-state index in [9.17, 15) is 8.42 Å². The van der Waals surface area contributed by atoms with E-state index in [-0.39, 0.29) is 0 Å². The summed E-state index contributed by atoms with van der Waals surface area (Å²) in [5, 5.41) is 8.15. The van der Waals surface area contributed by atoms with Gasteiger partial charge in [0.05, 0.1) is 10.4 Å². The molecular formula is C18H13N5O2S. The molecule has 4 heterocycles. The van der Waals surface area contributed by atoms with Crippen LogP contribution in [0.25, 0.3) is 22.6 Å². The van der Waals surface area contributed by atoms with Crippen LogP contribution in [-0.4, -0.2) is 28.0 Å². The molecule has 0 aliphatic carbocycles. The average Bonchev–Trinajstić information content (AvgIpc) is 3.16. The lowest BCUT2D eigenvalue weighted by atomic mass is 10.1. The molecule has 26 heavy (non-hydrogen) atoms. The van der Waals surface area contributed by atoms with E-state index in [4.69, 9.17) is 0 Å². The normalized spacial score (nSPS) is 15.2. The molecule has 1 N–H and O–H groups in total. The van der Waals surface area contributed by atoms with Crippen LogP contribution < -0.4 is 5.32 Å². The number of allylic oxidation sites excluding steroid dienone is 1. The molecule has 8 heteroatoms. The molecule has 0 saturated carbocycles. The Hall–Kier alpha value is -3.26. The highest BCUT2D eigenvalue weighted by molar-refractivity contribution is 7.95. The third-order valence-electron chi connectivity index (χ3n) is 4.50. The number of pyridine rings is 2. The number of fused-ring (bicyclic) bond motifs is 3. The Bertz CT molecular complexity index is 1340. The highest BCUT2D eigenvalue weighted by Gasteiger charge is 2.27. The van der Waals surface area contributed by atoms with E-state index in [1.807, 2.05) is 30.5 Å². The van der Waals surface area contributed by atoms with E-state index in [2.05, 4.69) is 20.4 Å². The summed E-state index contributed by atoms with van der Waals surface area (Å²) in [7, 11) is -3.40. The molecule has 1 aliphatic heterocycles. The van der Waals surface area contributed by atoms with E-state index in [0.29, 0.717) is 15.4 Å². The first-order valence-electron chi connectivity index (χ1n) is 7.95. The van der Waals surface area contributed by atoms with Gasteiger partial charge in [0.15, 0.2) is 5.65 Å². The van der Waals surface area contributed by atoms with Crippen LogP contribution in [0.4, 0.5) is 11.4 Å². The van der Waals surface area contributed by atoms with Crippen LogP contribution >= 0.6 is 0 Å². The summed E-state index contributed by atoms with van der Waals surface area (Å²) in [6.07, 6.45) is 6.69. The number of benzene rings is 1. The van der Waals surface area contributed by atoms with E-state index in [0.717, 1.165) is 27.9 Å². The molecule has 0 fully saturated rings. The zero-order valence-corrected chi connectivity index (χ0v) is 14.5. The Morgan fingerprint density at radius 2 is 2.00 bits per heavy atom. The van der Waals surface area contributed by atoms with Gasteiger partial charge in [0, 0.05) is 40.1 Å². The smallest absolute Gasteiger partial charge is 0.203 e. The molecule has 1 aliphatic rings. The summed E-state index contributed by atoms with van der Waals surface area (Å²) in [5.41, 5.74) is 3.75. The first kappa shape index (κ1) is 15.0. The number of hydrogen-bond donors (Lipinski definition) is 1. The zero-order chi connectivity index (χ0) is 17.9. The Kier molecular flexibility index (Phi) is 2.96. The Labute approximate surface area is 148 Å². The minimum Gasteiger partial charge on any atom is -0.355 e. The van der Waals surface area contributed by atoms with Gasteiger partial charge in [0.25, 0.3) is 0 Å². The first-order chi connectivity index (χ1) is 12.5. The SMILES string of the molecule is CC1=Cc2cc3nccc(Nc4ccn5ncnc5c4)c3cc2S1(=O)=O. The van der Waals surface area contributed by atoms with E-state index in [1.165, 1.54) is 6.33 Å². The van der Waals surface area contributed by atoms with Gasteiger partial charge in [-0.25, -0.2) is 17.9 Å². The van der Waals surface area contributed by atoms with Gasteiger partial charge in [-0.05, 0) is 42.8 Å². The van der Waals surface area contributed by atoms with Crippen molar-refractivity contribution in [3.63, 3.8) is 0 Å². The Morgan fingerprint density at radius 1 is 1.12 bits per heavy atom. The van der Waals surface area contributed by atoms with Gasteiger partial charge in [-0.3, -0.25) is 4.98 Å². The summed E-state index contributed by atoms with van der Waals surface area (Å²) in [6.45, 7) is 1.61. The van der Waals surface area contributed by atoms with E-state index in [1.54, 1.807) is 29.8 Å². The molecule has 3 aromatic heterocycles. The van der Waals surface area contributed by atoms with Crippen LogP contribution in [0, 0.1) is 0 Å². The minimum atomic E-state index is -3.40. The maximum atomic E-state index is 12.5. The summed E-state index contributed by atoms with van der Waals surface area (Å²) in [6, 6.07) is 9.08. The van der Waals surface area contributed by atoms with Crippen molar-refractivity contribution in [1.82, 2.24) is 19.6 Å². The van der Waals surface area contributed by atoms with Crippen molar-refractivity contribution >= 4 is 43.8 Å². The molecule has 0 bridgehead atoms. The molecule has 0 atom stereocenters. The topological polar surface area (TPSA) is 89.2 Å². The largest absolute Gasteiger partial charge is 0.355 e. The molecule has 0 amide bonds. The van der Waals surface area contributed by atoms with Gasteiger partial charge in [0.2, 0.25) is 9.84 Å². The van der Waals surface area contributed by atoms with Gasteiger partial charge in [-0.2, -0.15) is 5.10 Å². The maximum absolute atomic E-state index is 12.5. The first-order valence-corrected chi connectivity index (χ1v) is 9.43. The minimum absolute atomic E-state index is 0.325. The highest BCUT2D eigenvalue weighted by atomic mass is 32.2. The Balaban J connectivity index is 1.66. The van der Waals surface area contributed by atoms with Crippen LogP contribution in [-0.2, 0) is 9.84 Å². The fraction of sp³-hybridized carbons (Fsp3) is 0.0556. The number of nitrogens with zero attached hydrogens (tertiary/aromatic N) is 4. The van der Waals surface area contributed by atoms with Gasteiger partial charge in [-0.15, -0.1) is 0 Å². The number of sulfone groups is 1. The lowest BCUT2D eigenvalue weighted by molar-refractivity contribution is 0.603. The van der Waals surface area contributed by atoms with Gasteiger partial charge in [0.1, 0.15) is 6.33 Å². The molecule has 7 nitrogen and oxygen atoms in total. The lowest BCUT2D eigenvalue weighted by Gasteiger charge is -2.11. The standard InChI is InChI=1S/C18H13N5O2S/c1-11-6-12-7-16-14(9-17(12)26(11,24)25)15(2-4-19-16)22-13-3-5-23-18(8-13)20-10-21-23/h2-10H,1H3,(H,19,22). The van der Waals surface area contributed by atoms with Gasteiger partial charge in [-0.1, -0.05) is 0 Å². The summed E-state index contributed by atoms with van der Waals surface area (Å²) < 4.78 is 26.6. The molecule has 0 spiro atoms. The van der Waals surface area contributed by atoms with Crippen molar-refractivity contribution in [3.05, 3.63) is 59.5 Å². The molecule has 1 aromatic carbocycles. The highest BCUT2D eigenvalue weighted by Crippen LogP contribution is 2.37. The van der Waals surface area contributed by atoms with Gasteiger partial charge < -0.3 is 5.32 Å². The van der Waals surface area contributed by atoms with Crippen molar-refractivity contribution in [3.8, 4) is 0 Å². The van der Waals surface area contributed by atoms with Crippen molar-refractivity contribution in [2.75, 3.05) is 5.32 Å². The average molecular weight is 363 g/mol. The van der Waals surface area contributed by atoms with E-state index < -0.39 is 9.84 Å². The van der Waals surface area contributed by atoms with Crippen LogP contribution in [0.3, 0.4) is 0 Å². The number of aromatic nitrogens is 4. The van der Waals surface area contributed by atoms with Crippen LogP contribution in [0.5, 0.6) is 0 Å². The summed E-state index contributed by atoms with van der Waals surface area (Å²) in [4.78, 5) is 9.24. The van der Waals surface area contributed by atoms with Crippen molar-refractivity contribution in [2.24, 2.45) is 0 Å². The van der Waals surface area contributed by atoms with E-state index >= 15 is 0 Å². The second-order valence-corrected chi connectivity index (χ2v) is 8.22. The monoisotopic (exact) mass is 363 g/mol.